The minimum atomic E-state index is -0.659. The van der Waals surface area contributed by atoms with Gasteiger partial charge < -0.3 is 10.2 Å². The average Bonchev–Trinajstić information content (AvgIpc) is 3.74. The van der Waals surface area contributed by atoms with Crippen molar-refractivity contribution in [3.05, 3.63) is 102 Å². The highest BCUT2D eigenvalue weighted by Gasteiger charge is 2.44. The molecule has 1 saturated heterocycles. The third-order valence-corrected chi connectivity index (χ3v) is 9.71. The van der Waals surface area contributed by atoms with Crippen LogP contribution >= 0.6 is 0 Å². The van der Waals surface area contributed by atoms with Crippen LogP contribution in [0.4, 0.5) is 18.9 Å². The maximum absolute atomic E-state index is 15.1. The highest BCUT2D eigenvalue weighted by molar-refractivity contribution is 6.00. The molecule has 2 aliphatic rings. The maximum Gasteiger partial charge on any atom is 0.237 e. The number of hydrogen-bond donors (Lipinski definition) is 2. The van der Waals surface area contributed by atoms with Gasteiger partial charge in [0, 0.05) is 54.2 Å². The van der Waals surface area contributed by atoms with Gasteiger partial charge in [-0.2, -0.15) is 5.10 Å². The largest absolute Gasteiger partial charge is 0.338 e. The molecule has 2 aliphatic heterocycles. The first-order valence-electron chi connectivity index (χ1n) is 16.7. The summed E-state index contributed by atoms with van der Waals surface area (Å²) in [5.41, 5.74) is 3.00. The summed E-state index contributed by atoms with van der Waals surface area (Å²) in [6.07, 6.45) is 7.20. The van der Waals surface area contributed by atoms with Crippen LogP contribution in [0.5, 0.6) is 0 Å². The number of hydrogen-bond acceptors (Lipinski definition) is 6. The van der Waals surface area contributed by atoms with Gasteiger partial charge in [-0.05, 0) is 92.0 Å². The number of nitrogens with zero attached hydrogens (tertiary/aromatic N) is 5. The van der Waals surface area contributed by atoms with Crippen LogP contribution in [-0.4, -0.2) is 74.5 Å². The Kier molecular flexibility index (Phi) is 9.20. The molecule has 2 aromatic heterocycles. The fourth-order valence-corrected chi connectivity index (χ4v) is 7.09. The smallest absolute Gasteiger partial charge is 0.237 e. The number of aromatic nitrogens is 4. The number of carbonyl (C=O) groups excluding carboxylic acids is 2. The molecule has 2 N–H and O–H groups in total. The number of likely N-dealkylation sites (tertiary alicyclic amines) is 1. The van der Waals surface area contributed by atoms with Crippen LogP contribution in [0.1, 0.15) is 38.2 Å². The Morgan fingerprint density at radius 1 is 0.960 bits per heavy atom. The number of H-pyrrole nitrogens is 1. The molecule has 0 radical (unpaired) electrons. The summed E-state index contributed by atoms with van der Waals surface area (Å²) < 4.78 is 43.6. The number of anilines is 1. The van der Waals surface area contributed by atoms with Gasteiger partial charge in [-0.15, -0.1) is 0 Å². The zero-order valence-electron chi connectivity index (χ0n) is 27.6. The second kappa shape index (κ2) is 13.9. The molecule has 4 heterocycles. The van der Waals surface area contributed by atoms with Crippen LogP contribution in [0.3, 0.4) is 0 Å². The number of halogens is 3. The van der Waals surface area contributed by atoms with Crippen molar-refractivity contribution in [1.29, 1.82) is 0 Å². The summed E-state index contributed by atoms with van der Waals surface area (Å²) in [6.45, 7) is 3.92. The standard InChI is InChI=1S/C38H36F3N7O2/c1-2-12-38(37(50)44-27-8-9-33-30(19-27)35(46-45-33)25-4-6-26(39)7-5-25)13-18-47(23-38)22-34(49)48-16-10-24(11-17-48)28-20-32(41)29(21-31(28)40)36-42-14-3-15-43-36/h3-10,14-15,19-21H,2,11-13,16-18,22-23H2,1H3,(H,44,50)(H,45,46)/t38-/m1/s1. The molecule has 1 atom stereocenters. The van der Waals surface area contributed by atoms with Gasteiger partial charge in [0.1, 0.15) is 17.5 Å². The molecule has 1 fully saturated rings. The van der Waals surface area contributed by atoms with E-state index in [1.54, 1.807) is 29.2 Å². The lowest BCUT2D eigenvalue weighted by molar-refractivity contribution is -0.132. The predicted molar refractivity (Wildman–Crippen MR) is 185 cm³/mol. The van der Waals surface area contributed by atoms with E-state index < -0.39 is 17.0 Å². The molecule has 12 heteroatoms. The van der Waals surface area contributed by atoms with E-state index in [0.29, 0.717) is 55.9 Å². The molecular formula is C38H36F3N7O2. The highest BCUT2D eigenvalue weighted by atomic mass is 19.1. The minimum absolute atomic E-state index is 0.00598. The van der Waals surface area contributed by atoms with Crippen molar-refractivity contribution < 1.29 is 22.8 Å². The molecule has 0 spiro atoms. The first-order valence-corrected chi connectivity index (χ1v) is 16.7. The average molecular weight is 680 g/mol. The predicted octanol–water partition coefficient (Wildman–Crippen LogP) is 6.85. The zero-order chi connectivity index (χ0) is 34.8. The van der Waals surface area contributed by atoms with Crippen molar-refractivity contribution in [2.75, 3.05) is 38.0 Å². The van der Waals surface area contributed by atoms with Gasteiger partial charge in [0.25, 0.3) is 0 Å². The number of nitrogens with one attached hydrogen (secondary N) is 2. The van der Waals surface area contributed by atoms with E-state index in [-0.39, 0.29) is 47.7 Å². The third-order valence-electron chi connectivity index (χ3n) is 9.71. The van der Waals surface area contributed by atoms with E-state index in [1.807, 2.05) is 30.0 Å². The monoisotopic (exact) mass is 679 g/mol. The van der Waals surface area contributed by atoms with Gasteiger partial charge in [0.15, 0.2) is 5.82 Å². The van der Waals surface area contributed by atoms with Crippen molar-refractivity contribution >= 4 is 34.0 Å². The molecule has 5 aromatic rings. The number of benzene rings is 3. The van der Waals surface area contributed by atoms with E-state index in [1.165, 1.54) is 30.6 Å². The quantitative estimate of drug-likeness (QED) is 0.177. The number of fused-ring (bicyclic) bond motifs is 1. The maximum atomic E-state index is 15.1. The Morgan fingerprint density at radius 3 is 2.46 bits per heavy atom. The first-order chi connectivity index (χ1) is 24.2. The first kappa shape index (κ1) is 33.2. The molecule has 2 amide bonds. The molecule has 0 unspecified atom stereocenters. The van der Waals surface area contributed by atoms with E-state index >= 15 is 4.39 Å². The number of amides is 2. The summed E-state index contributed by atoms with van der Waals surface area (Å²) in [5, 5.41) is 11.3. The minimum Gasteiger partial charge on any atom is -0.338 e. The van der Waals surface area contributed by atoms with Gasteiger partial charge in [-0.25, -0.2) is 23.1 Å². The molecule has 0 aliphatic carbocycles. The van der Waals surface area contributed by atoms with E-state index in [0.717, 1.165) is 29.0 Å². The van der Waals surface area contributed by atoms with Crippen LogP contribution in [0.15, 0.2) is 79.1 Å². The molecular weight excluding hydrogens is 643 g/mol. The lowest BCUT2D eigenvalue weighted by Gasteiger charge is -2.30. The fourth-order valence-electron chi connectivity index (χ4n) is 7.09. The Labute approximate surface area is 287 Å². The Bertz CT molecular complexity index is 2080. The Hall–Kier alpha value is -5.36. The lowest BCUT2D eigenvalue weighted by atomic mass is 9.81. The second-order valence-corrected chi connectivity index (χ2v) is 13.0. The normalized spacial score (nSPS) is 18.0. The van der Waals surface area contributed by atoms with Gasteiger partial charge in [-0.1, -0.05) is 19.4 Å². The Balaban J connectivity index is 0.992. The third kappa shape index (κ3) is 6.62. The summed E-state index contributed by atoms with van der Waals surface area (Å²) in [4.78, 5) is 39.1. The topological polar surface area (TPSA) is 107 Å². The van der Waals surface area contributed by atoms with Gasteiger partial charge in [0.05, 0.1) is 28.7 Å². The van der Waals surface area contributed by atoms with Crippen LogP contribution in [0, 0.1) is 22.9 Å². The molecule has 3 aromatic carbocycles. The van der Waals surface area contributed by atoms with Crippen molar-refractivity contribution in [3.63, 3.8) is 0 Å². The molecule has 0 bridgehead atoms. The second-order valence-electron chi connectivity index (χ2n) is 13.0. The van der Waals surface area contributed by atoms with Crippen LogP contribution < -0.4 is 5.32 Å². The SMILES string of the molecule is CCC[C@@]1(C(=O)Nc2ccc3[nH]nc(-c4ccc(F)cc4)c3c2)CCN(CC(=O)N2CC=C(c3cc(F)c(-c4ncccn4)cc3F)CC2)C1. The van der Waals surface area contributed by atoms with E-state index in [9.17, 15) is 18.4 Å². The lowest BCUT2D eigenvalue weighted by Crippen LogP contribution is -2.43. The van der Waals surface area contributed by atoms with Crippen molar-refractivity contribution in [2.24, 2.45) is 5.41 Å². The molecule has 9 nitrogen and oxygen atoms in total. The summed E-state index contributed by atoms with van der Waals surface area (Å²) in [6, 6.07) is 15.6. The number of aromatic amines is 1. The van der Waals surface area contributed by atoms with E-state index in [2.05, 4.69) is 25.5 Å². The number of rotatable bonds is 9. The molecule has 7 rings (SSSR count). The summed E-state index contributed by atoms with van der Waals surface area (Å²) >= 11 is 0. The van der Waals surface area contributed by atoms with Gasteiger partial charge in [-0.3, -0.25) is 19.6 Å². The van der Waals surface area contributed by atoms with Crippen molar-refractivity contribution in [3.8, 4) is 22.6 Å². The van der Waals surface area contributed by atoms with E-state index in [4.69, 9.17) is 0 Å². The zero-order valence-corrected chi connectivity index (χ0v) is 27.6. The van der Waals surface area contributed by atoms with Gasteiger partial charge >= 0.3 is 0 Å². The molecule has 0 saturated carbocycles. The molecule has 256 valence electrons. The Morgan fingerprint density at radius 2 is 1.72 bits per heavy atom. The van der Waals surface area contributed by atoms with Crippen LogP contribution in [0.2, 0.25) is 0 Å². The van der Waals surface area contributed by atoms with Gasteiger partial charge in [0.2, 0.25) is 11.8 Å². The highest BCUT2D eigenvalue weighted by Crippen LogP contribution is 2.38. The molecule has 50 heavy (non-hydrogen) atoms. The summed E-state index contributed by atoms with van der Waals surface area (Å²) in [5.74, 6) is -1.57. The van der Waals surface area contributed by atoms with Crippen molar-refractivity contribution in [2.45, 2.75) is 32.6 Å². The van der Waals surface area contributed by atoms with Crippen LogP contribution in [-0.2, 0) is 9.59 Å². The van der Waals surface area contributed by atoms with Crippen LogP contribution in [0.25, 0.3) is 39.1 Å². The number of carbonyl (C=O) groups is 2. The summed E-state index contributed by atoms with van der Waals surface area (Å²) in [7, 11) is 0. The fraction of sp³-hybridized carbons (Fsp3) is 0.289. The van der Waals surface area contributed by atoms with Crippen molar-refractivity contribution in [1.82, 2.24) is 30.0 Å².